The number of carbonyl (C=O) groups is 1. The van der Waals surface area contributed by atoms with Gasteiger partial charge >= 0.3 is 0 Å². The van der Waals surface area contributed by atoms with E-state index < -0.39 is 15.5 Å². The SMILES string of the molecule is O=CO.O=[N+]([O-])c1ccc(Cl)c([N+](=O)[O-])c1. The molecule has 0 saturated carbocycles. The Morgan fingerprint density at radius 3 is 2.12 bits per heavy atom. The van der Waals surface area contributed by atoms with Gasteiger partial charge in [0.15, 0.2) is 0 Å². The normalized spacial score (nSPS) is 8.56. The van der Waals surface area contributed by atoms with Crippen molar-refractivity contribution in [3.8, 4) is 0 Å². The maximum Gasteiger partial charge on any atom is 0.294 e. The van der Waals surface area contributed by atoms with Crippen molar-refractivity contribution in [2.45, 2.75) is 0 Å². The Kier molecular flexibility index (Phi) is 5.42. The monoisotopic (exact) mass is 248 g/mol. The number of rotatable bonds is 2. The fourth-order valence-electron chi connectivity index (χ4n) is 0.755. The maximum atomic E-state index is 10.3. The molecule has 0 aliphatic rings. The molecule has 0 atom stereocenters. The molecule has 0 unspecified atom stereocenters. The molecule has 8 nitrogen and oxygen atoms in total. The fourth-order valence-corrected chi connectivity index (χ4v) is 0.941. The van der Waals surface area contributed by atoms with Crippen LogP contribution >= 0.6 is 11.6 Å². The number of hydrogen-bond acceptors (Lipinski definition) is 5. The van der Waals surface area contributed by atoms with Crippen LogP contribution in [0.3, 0.4) is 0 Å². The van der Waals surface area contributed by atoms with Crippen molar-refractivity contribution in [3.05, 3.63) is 43.5 Å². The first-order valence-corrected chi connectivity index (χ1v) is 3.98. The zero-order valence-electron chi connectivity index (χ0n) is 7.57. The smallest absolute Gasteiger partial charge is 0.294 e. The molecule has 0 spiro atoms. The first-order valence-electron chi connectivity index (χ1n) is 3.60. The molecule has 0 amide bonds. The standard InChI is InChI=1S/C6H3ClN2O4.CH2O2/c7-5-2-1-4(8(10)11)3-6(5)9(12)13;2-1-3/h1-3H;1H,(H,2,3). The van der Waals surface area contributed by atoms with Crippen LogP contribution in [0.25, 0.3) is 0 Å². The second kappa shape index (κ2) is 6.30. The van der Waals surface area contributed by atoms with Gasteiger partial charge in [0.1, 0.15) is 5.02 Å². The zero-order chi connectivity index (χ0) is 12.7. The molecule has 1 aromatic rings. The molecular formula is C7H5ClN2O6. The Labute approximate surface area is 93.4 Å². The van der Waals surface area contributed by atoms with Gasteiger partial charge in [-0.05, 0) is 6.07 Å². The minimum absolute atomic E-state index is 0.115. The van der Waals surface area contributed by atoms with Crippen LogP contribution in [0, 0.1) is 20.2 Å². The minimum atomic E-state index is -0.769. The van der Waals surface area contributed by atoms with E-state index in [-0.39, 0.29) is 17.2 Å². The van der Waals surface area contributed by atoms with Gasteiger partial charge in [-0.1, -0.05) is 11.6 Å². The van der Waals surface area contributed by atoms with Crippen LogP contribution in [0.5, 0.6) is 0 Å². The van der Waals surface area contributed by atoms with Gasteiger partial charge in [-0.15, -0.1) is 0 Å². The Hall–Kier alpha value is -2.22. The molecule has 16 heavy (non-hydrogen) atoms. The molecule has 0 radical (unpaired) electrons. The number of nitrogens with zero attached hydrogens (tertiary/aromatic N) is 2. The van der Waals surface area contributed by atoms with E-state index in [4.69, 9.17) is 21.5 Å². The van der Waals surface area contributed by atoms with Gasteiger partial charge in [-0.2, -0.15) is 0 Å². The summed E-state index contributed by atoms with van der Waals surface area (Å²) in [7, 11) is 0. The summed E-state index contributed by atoms with van der Waals surface area (Å²) >= 11 is 5.43. The molecule has 0 heterocycles. The molecular weight excluding hydrogens is 244 g/mol. The van der Waals surface area contributed by atoms with E-state index in [2.05, 4.69) is 0 Å². The largest absolute Gasteiger partial charge is 0.483 e. The molecule has 1 rings (SSSR count). The molecule has 0 bridgehead atoms. The highest BCUT2D eigenvalue weighted by Crippen LogP contribution is 2.28. The van der Waals surface area contributed by atoms with Gasteiger partial charge in [0.25, 0.3) is 17.8 Å². The second-order valence-electron chi connectivity index (χ2n) is 2.26. The second-order valence-corrected chi connectivity index (χ2v) is 2.66. The molecule has 0 aromatic heterocycles. The van der Waals surface area contributed by atoms with E-state index in [9.17, 15) is 20.2 Å². The lowest BCUT2D eigenvalue weighted by atomic mass is 10.3. The number of hydrogen-bond donors (Lipinski definition) is 1. The van der Waals surface area contributed by atoms with Gasteiger partial charge < -0.3 is 5.11 Å². The van der Waals surface area contributed by atoms with E-state index >= 15 is 0 Å². The third-order valence-corrected chi connectivity index (χ3v) is 1.66. The first kappa shape index (κ1) is 13.8. The van der Waals surface area contributed by atoms with E-state index in [1.54, 1.807) is 0 Å². The number of carboxylic acid groups (broad SMARTS) is 1. The van der Waals surface area contributed by atoms with Crippen LogP contribution in [0.2, 0.25) is 5.02 Å². The molecule has 1 aromatic carbocycles. The summed E-state index contributed by atoms with van der Waals surface area (Å²) in [5, 5.41) is 27.3. The third-order valence-electron chi connectivity index (χ3n) is 1.34. The first-order chi connectivity index (χ1) is 7.43. The van der Waals surface area contributed by atoms with E-state index in [0.29, 0.717) is 0 Å². The molecule has 1 N–H and O–H groups in total. The Balaban J connectivity index is 0.000000673. The predicted octanol–water partition coefficient (Wildman–Crippen LogP) is 1.86. The number of nitro groups is 2. The summed E-state index contributed by atoms with van der Waals surface area (Å²) in [4.78, 5) is 27.4. The van der Waals surface area contributed by atoms with Crippen molar-refractivity contribution < 1.29 is 19.7 Å². The van der Waals surface area contributed by atoms with Crippen molar-refractivity contribution >= 4 is 29.4 Å². The van der Waals surface area contributed by atoms with Crippen molar-refractivity contribution in [2.24, 2.45) is 0 Å². The summed E-state index contributed by atoms with van der Waals surface area (Å²) in [6.07, 6.45) is 0. The average molecular weight is 249 g/mol. The molecule has 0 aliphatic carbocycles. The van der Waals surface area contributed by atoms with Crippen LogP contribution in [-0.2, 0) is 4.79 Å². The topological polar surface area (TPSA) is 124 Å². The highest BCUT2D eigenvalue weighted by atomic mass is 35.5. The van der Waals surface area contributed by atoms with Crippen molar-refractivity contribution in [3.63, 3.8) is 0 Å². The summed E-state index contributed by atoms with van der Waals surface area (Å²) in [5.41, 5.74) is -0.813. The highest BCUT2D eigenvalue weighted by Gasteiger charge is 2.17. The fraction of sp³-hybridized carbons (Fsp3) is 0. The quantitative estimate of drug-likeness (QED) is 0.484. The lowest BCUT2D eigenvalue weighted by molar-refractivity contribution is -0.394. The lowest BCUT2D eigenvalue weighted by Crippen LogP contribution is -1.92. The molecule has 9 heteroatoms. The summed E-state index contributed by atoms with van der Waals surface area (Å²) in [5.74, 6) is 0. The van der Waals surface area contributed by atoms with Crippen molar-refractivity contribution in [1.29, 1.82) is 0 Å². The van der Waals surface area contributed by atoms with Gasteiger partial charge in [-0.3, -0.25) is 25.0 Å². The maximum absolute atomic E-state index is 10.3. The van der Waals surface area contributed by atoms with Gasteiger partial charge in [0, 0.05) is 6.07 Å². The molecule has 0 saturated heterocycles. The van der Waals surface area contributed by atoms with Crippen molar-refractivity contribution in [2.75, 3.05) is 0 Å². The van der Waals surface area contributed by atoms with Crippen LogP contribution in [0.1, 0.15) is 0 Å². The Morgan fingerprint density at radius 2 is 1.75 bits per heavy atom. The van der Waals surface area contributed by atoms with Crippen LogP contribution in [-0.4, -0.2) is 21.4 Å². The predicted molar refractivity (Wildman–Crippen MR) is 53.5 cm³/mol. The number of non-ortho nitro benzene ring substituents is 1. The third kappa shape index (κ3) is 3.88. The van der Waals surface area contributed by atoms with Gasteiger partial charge in [0.05, 0.1) is 15.9 Å². The molecule has 0 aliphatic heterocycles. The summed E-state index contributed by atoms with van der Waals surface area (Å²) in [6, 6.07) is 3.05. The summed E-state index contributed by atoms with van der Waals surface area (Å²) < 4.78 is 0. The van der Waals surface area contributed by atoms with Crippen LogP contribution < -0.4 is 0 Å². The summed E-state index contributed by atoms with van der Waals surface area (Å²) in [6.45, 7) is -0.250. The van der Waals surface area contributed by atoms with E-state index in [0.717, 1.165) is 18.2 Å². The van der Waals surface area contributed by atoms with E-state index in [1.165, 1.54) is 0 Å². The number of benzene rings is 1. The van der Waals surface area contributed by atoms with Crippen molar-refractivity contribution in [1.82, 2.24) is 0 Å². The Bertz CT molecular complexity index is 421. The molecule has 86 valence electrons. The van der Waals surface area contributed by atoms with Gasteiger partial charge in [-0.25, -0.2) is 0 Å². The van der Waals surface area contributed by atoms with E-state index in [1.807, 2.05) is 0 Å². The number of halogens is 1. The van der Waals surface area contributed by atoms with Crippen LogP contribution in [0.4, 0.5) is 11.4 Å². The molecule has 0 fully saturated rings. The van der Waals surface area contributed by atoms with Gasteiger partial charge in [0.2, 0.25) is 0 Å². The van der Waals surface area contributed by atoms with Crippen LogP contribution in [0.15, 0.2) is 18.2 Å². The zero-order valence-corrected chi connectivity index (χ0v) is 8.33. The lowest BCUT2D eigenvalue weighted by Gasteiger charge is -1.94. The highest BCUT2D eigenvalue weighted by molar-refractivity contribution is 6.32. The number of nitro benzene ring substituents is 2. The minimum Gasteiger partial charge on any atom is -0.483 e. The Morgan fingerprint density at radius 1 is 1.25 bits per heavy atom. The average Bonchev–Trinajstić information content (AvgIpc) is 2.18.